The molecule has 1 aromatic rings. The van der Waals surface area contributed by atoms with E-state index in [0.29, 0.717) is 29.0 Å². The van der Waals surface area contributed by atoms with E-state index in [1.807, 2.05) is 0 Å². The van der Waals surface area contributed by atoms with Gasteiger partial charge in [-0.05, 0) is 43.9 Å². The molecule has 1 aromatic carbocycles. The first-order valence-corrected chi connectivity index (χ1v) is 6.26. The van der Waals surface area contributed by atoms with Crippen molar-refractivity contribution in [1.29, 1.82) is 0 Å². The quantitative estimate of drug-likeness (QED) is 0.833. The number of rotatable bonds is 5. The van der Waals surface area contributed by atoms with E-state index in [4.69, 9.17) is 11.6 Å². The zero-order chi connectivity index (χ0) is 11.5. The monoisotopic (exact) mass is 241 g/mol. The Hall–Kier alpha value is -0.600. The molecule has 2 rings (SSSR count). The zero-order valence-electron chi connectivity index (χ0n) is 9.47. The van der Waals surface area contributed by atoms with Crippen LogP contribution < -0.4 is 5.32 Å². The first-order valence-electron chi connectivity index (χ1n) is 5.88. The Balaban J connectivity index is 2.11. The van der Waals surface area contributed by atoms with Gasteiger partial charge in [-0.25, -0.2) is 4.39 Å². The van der Waals surface area contributed by atoms with E-state index in [0.717, 1.165) is 6.54 Å². The molecule has 1 nitrogen and oxygen atoms in total. The van der Waals surface area contributed by atoms with Crippen molar-refractivity contribution in [2.75, 3.05) is 6.54 Å². The van der Waals surface area contributed by atoms with Crippen LogP contribution in [0.25, 0.3) is 0 Å². The maximum absolute atomic E-state index is 13.6. The molecule has 16 heavy (non-hydrogen) atoms. The molecular formula is C13H17ClFN. The van der Waals surface area contributed by atoms with Crippen molar-refractivity contribution in [2.45, 2.75) is 32.2 Å². The minimum absolute atomic E-state index is 0.184. The van der Waals surface area contributed by atoms with Crippen LogP contribution >= 0.6 is 11.6 Å². The average Bonchev–Trinajstić information content (AvgIpc) is 3.06. The van der Waals surface area contributed by atoms with Crippen LogP contribution in [0.3, 0.4) is 0 Å². The van der Waals surface area contributed by atoms with Crippen molar-refractivity contribution in [3.63, 3.8) is 0 Å². The Kier molecular flexibility index (Phi) is 3.82. The molecular weight excluding hydrogens is 225 g/mol. The molecule has 1 atom stereocenters. The lowest BCUT2D eigenvalue weighted by Crippen LogP contribution is -2.33. The molecule has 1 saturated carbocycles. The van der Waals surface area contributed by atoms with Crippen LogP contribution in [0.5, 0.6) is 0 Å². The summed E-state index contributed by atoms with van der Waals surface area (Å²) in [6, 6.07) is 5.27. The molecule has 1 aliphatic carbocycles. The van der Waals surface area contributed by atoms with Crippen LogP contribution in [-0.4, -0.2) is 12.6 Å². The van der Waals surface area contributed by atoms with Crippen LogP contribution in [0, 0.1) is 11.7 Å². The van der Waals surface area contributed by atoms with Gasteiger partial charge in [0.1, 0.15) is 5.82 Å². The summed E-state index contributed by atoms with van der Waals surface area (Å²) in [5, 5.41) is 3.97. The summed E-state index contributed by atoms with van der Waals surface area (Å²) >= 11 is 6.03. The Bertz CT molecular complexity index is 343. The smallest absolute Gasteiger partial charge is 0.127 e. The van der Waals surface area contributed by atoms with Gasteiger partial charge in [0.25, 0.3) is 0 Å². The summed E-state index contributed by atoms with van der Waals surface area (Å²) in [6.07, 6.45) is 3.21. The van der Waals surface area contributed by atoms with E-state index < -0.39 is 0 Å². The summed E-state index contributed by atoms with van der Waals surface area (Å²) in [7, 11) is 0. The van der Waals surface area contributed by atoms with E-state index in [9.17, 15) is 4.39 Å². The second kappa shape index (κ2) is 5.15. The third-order valence-electron chi connectivity index (χ3n) is 3.14. The summed E-state index contributed by atoms with van der Waals surface area (Å²) in [6.45, 7) is 3.01. The number of benzene rings is 1. The zero-order valence-corrected chi connectivity index (χ0v) is 10.2. The van der Waals surface area contributed by atoms with Gasteiger partial charge in [-0.15, -0.1) is 0 Å². The molecule has 88 valence electrons. The van der Waals surface area contributed by atoms with Crippen LogP contribution in [0.1, 0.15) is 25.3 Å². The van der Waals surface area contributed by atoms with Crippen molar-refractivity contribution in [3.05, 3.63) is 34.6 Å². The standard InChI is InChI=1S/C13H17ClFN/c1-2-16-13(9-6-7-9)8-10-11(14)4-3-5-12(10)15/h3-5,9,13,16H,2,6-8H2,1H3. The Morgan fingerprint density at radius 2 is 2.25 bits per heavy atom. The number of likely N-dealkylation sites (N-methyl/N-ethyl adjacent to an activating group) is 1. The Morgan fingerprint density at radius 3 is 2.81 bits per heavy atom. The summed E-state index contributed by atoms with van der Waals surface area (Å²) in [5.41, 5.74) is 0.655. The van der Waals surface area contributed by atoms with Gasteiger partial charge in [0.2, 0.25) is 0 Å². The first-order chi connectivity index (χ1) is 7.72. The van der Waals surface area contributed by atoms with Crippen molar-refractivity contribution in [2.24, 2.45) is 5.92 Å². The van der Waals surface area contributed by atoms with Gasteiger partial charge >= 0.3 is 0 Å². The third-order valence-corrected chi connectivity index (χ3v) is 3.50. The highest BCUT2D eigenvalue weighted by molar-refractivity contribution is 6.31. The molecule has 0 spiro atoms. The lowest BCUT2D eigenvalue weighted by Gasteiger charge is -2.18. The highest BCUT2D eigenvalue weighted by Crippen LogP contribution is 2.35. The predicted molar refractivity (Wildman–Crippen MR) is 65.3 cm³/mol. The maximum Gasteiger partial charge on any atom is 0.127 e. The van der Waals surface area contributed by atoms with Gasteiger partial charge < -0.3 is 5.32 Å². The average molecular weight is 242 g/mol. The molecule has 0 saturated heterocycles. The topological polar surface area (TPSA) is 12.0 Å². The molecule has 0 amide bonds. The van der Waals surface area contributed by atoms with Crippen molar-refractivity contribution >= 4 is 11.6 Å². The normalized spacial score (nSPS) is 17.4. The fraction of sp³-hybridized carbons (Fsp3) is 0.538. The molecule has 3 heteroatoms. The fourth-order valence-electron chi connectivity index (χ4n) is 2.11. The van der Waals surface area contributed by atoms with Crippen molar-refractivity contribution in [3.8, 4) is 0 Å². The number of hydrogen-bond acceptors (Lipinski definition) is 1. The number of nitrogens with one attached hydrogen (secondary N) is 1. The number of halogens is 2. The lowest BCUT2D eigenvalue weighted by atomic mass is 10.0. The van der Waals surface area contributed by atoms with Crippen molar-refractivity contribution < 1.29 is 4.39 Å². The first kappa shape index (κ1) is 11.9. The van der Waals surface area contributed by atoms with Gasteiger partial charge in [-0.3, -0.25) is 0 Å². The highest BCUT2D eigenvalue weighted by atomic mass is 35.5. The summed E-state index contributed by atoms with van der Waals surface area (Å²) in [4.78, 5) is 0. The van der Waals surface area contributed by atoms with E-state index >= 15 is 0 Å². The van der Waals surface area contributed by atoms with Gasteiger partial charge in [0.05, 0.1) is 0 Å². The Morgan fingerprint density at radius 1 is 1.50 bits per heavy atom. The largest absolute Gasteiger partial charge is 0.314 e. The van der Waals surface area contributed by atoms with Crippen molar-refractivity contribution in [1.82, 2.24) is 5.32 Å². The van der Waals surface area contributed by atoms with E-state index in [1.54, 1.807) is 12.1 Å². The molecule has 0 aliphatic heterocycles. The number of hydrogen-bond donors (Lipinski definition) is 1. The third kappa shape index (κ3) is 2.74. The van der Waals surface area contributed by atoms with Crippen LogP contribution in [-0.2, 0) is 6.42 Å². The maximum atomic E-state index is 13.6. The molecule has 1 fully saturated rings. The molecule has 0 aromatic heterocycles. The minimum atomic E-state index is -0.184. The second-order valence-electron chi connectivity index (χ2n) is 4.41. The van der Waals surface area contributed by atoms with Gasteiger partial charge in [-0.1, -0.05) is 24.6 Å². The van der Waals surface area contributed by atoms with E-state index in [-0.39, 0.29) is 5.82 Å². The molecule has 0 radical (unpaired) electrons. The molecule has 0 heterocycles. The SMILES string of the molecule is CCNC(Cc1c(F)cccc1Cl)C1CC1. The molecule has 1 aliphatic rings. The predicted octanol–water partition coefficient (Wildman–Crippen LogP) is 3.41. The lowest BCUT2D eigenvalue weighted by molar-refractivity contribution is 0.463. The highest BCUT2D eigenvalue weighted by Gasteiger charge is 2.31. The van der Waals surface area contributed by atoms with Crippen LogP contribution in [0.2, 0.25) is 5.02 Å². The van der Waals surface area contributed by atoms with Crippen LogP contribution in [0.4, 0.5) is 4.39 Å². The van der Waals surface area contributed by atoms with E-state index in [2.05, 4.69) is 12.2 Å². The van der Waals surface area contributed by atoms with E-state index in [1.165, 1.54) is 18.9 Å². The Labute approximate surface area is 101 Å². The summed E-state index contributed by atoms with van der Waals surface area (Å²) in [5.74, 6) is 0.520. The van der Waals surface area contributed by atoms with Gasteiger partial charge in [0, 0.05) is 16.6 Å². The van der Waals surface area contributed by atoms with Crippen LogP contribution in [0.15, 0.2) is 18.2 Å². The second-order valence-corrected chi connectivity index (χ2v) is 4.81. The summed E-state index contributed by atoms with van der Waals surface area (Å²) < 4.78 is 13.6. The van der Waals surface area contributed by atoms with Gasteiger partial charge in [0.15, 0.2) is 0 Å². The molecule has 1 unspecified atom stereocenters. The minimum Gasteiger partial charge on any atom is -0.314 e. The molecule has 0 bridgehead atoms. The molecule has 1 N–H and O–H groups in total. The fourth-order valence-corrected chi connectivity index (χ4v) is 2.35. The van der Waals surface area contributed by atoms with Gasteiger partial charge in [-0.2, -0.15) is 0 Å².